The highest BCUT2D eigenvalue weighted by molar-refractivity contribution is 5.82. The molecule has 0 aromatic carbocycles. The minimum atomic E-state index is -0.944. The van der Waals surface area contributed by atoms with Crippen LogP contribution in [0.5, 0.6) is 0 Å². The number of carbonyl (C=O) groups excluding carboxylic acids is 1. The van der Waals surface area contributed by atoms with Crippen LogP contribution in [0, 0.1) is 0 Å². The fourth-order valence-electron chi connectivity index (χ4n) is 1.35. The Bertz CT molecular complexity index is 197. The molecular formula is C11H24N2O3. The molecule has 0 heterocycles. The highest BCUT2D eigenvalue weighted by Crippen LogP contribution is 2.09. The zero-order valence-electron chi connectivity index (χ0n) is 10.2. The van der Waals surface area contributed by atoms with E-state index < -0.39 is 11.6 Å². The molecule has 0 aliphatic rings. The highest BCUT2D eigenvalue weighted by atomic mass is 16.3. The van der Waals surface area contributed by atoms with Crippen LogP contribution in [0.2, 0.25) is 0 Å². The lowest BCUT2D eigenvalue weighted by molar-refractivity contribution is -0.126. The number of rotatable bonds is 8. The molecular weight excluding hydrogens is 208 g/mol. The number of amides is 1. The van der Waals surface area contributed by atoms with Gasteiger partial charge in [-0.15, -0.1) is 0 Å². The van der Waals surface area contributed by atoms with Gasteiger partial charge in [0, 0.05) is 0 Å². The van der Waals surface area contributed by atoms with Crippen molar-refractivity contribution in [2.24, 2.45) is 5.73 Å². The van der Waals surface area contributed by atoms with Crippen molar-refractivity contribution in [2.75, 3.05) is 13.2 Å². The van der Waals surface area contributed by atoms with Gasteiger partial charge < -0.3 is 21.3 Å². The second kappa shape index (κ2) is 7.60. The summed E-state index contributed by atoms with van der Waals surface area (Å²) in [6.07, 6.45) is 2.97. The maximum atomic E-state index is 11.7. The minimum absolute atomic E-state index is 0.285. The van der Waals surface area contributed by atoms with Crippen molar-refractivity contribution in [3.63, 3.8) is 0 Å². The second-order valence-electron chi connectivity index (χ2n) is 4.19. The van der Waals surface area contributed by atoms with E-state index in [-0.39, 0.29) is 19.1 Å². The van der Waals surface area contributed by atoms with Crippen molar-refractivity contribution in [1.82, 2.24) is 5.32 Å². The molecule has 5 heteroatoms. The van der Waals surface area contributed by atoms with Gasteiger partial charge >= 0.3 is 0 Å². The Kier molecular flexibility index (Phi) is 7.29. The van der Waals surface area contributed by atoms with Crippen LogP contribution < -0.4 is 11.1 Å². The molecule has 0 fully saturated rings. The van der Waals surface area contributed by atoms with E-state index in [1.54, 1.807) is 6.92 Å². The van der Waals surface area contributed by atoms with Gasteiger partial charge in [-0.25, -0.2) is 0 Å². The summed E-state index contributed by atoms with van der Waals surface area (Å²) in [5, 5.41) is 21.0. The van der Waals surface area contributed by atoms with E-state index in [0.29, 0.717) is 12.8 Å². The third-order valence-corrected chi connectivity index (χ3v) is 2.88. The van der Waals surface area contributed by atoms with Gasteiger partial charge in [0.25, 0.3) is 0 Å². The van der Waals surface area contributed by atoms with Crippen molar-refractivity contribution in [1.29, 1.82) is 0 Å². The fraction of sp³-hybridized carbons (Fsp3) is 0.909. The molecule has 0 unspecified atom stereocenters. The molecule has 5 nitrogen and oxygen atoms in total. The third kappa shape index (κ3) is 4.47. The third-order valence-electron chi connectivity index (χ3n) is 2.88. The van der Waals surface area contributed by atoms with Gasteiger partial charge in [0.15, 0.2) is 0 Å². The second-order valence-corrected chi connectivity index (χ2v) is 4.19. The molecule has 96 valence electrons. The Hall–Kier alpha value is -0.650. The molecule has 16 heavy (non-hydrogen) atoms. The molecule has 5 N–H and O–H groups in total. The average molecular weight is 232 g/mol. The van der Waals surface area contributed by atoms with Gasteiger partial charge in [-0.3, -0.25) is 4.79 Å². The summed E-state index contributed by atoms with van der Waals surface area (Å²) in [7, 11) is 0. The molecule has 0 aliphatic heterocycles. The first kappa shape index (κ1) is 15.3. The van der Waals surface area contributed by atoms with Crippen molar-refractivity contribution >= 4 is 5.91 Å². The fourth-order valence-corrected chi connectivity index (χ4v) is 1.35. The van der Waals surface area contributed by atoms with E-state index in [9.17, 15) is 4.79 Å². The summed E-state index contributed by atoms with van der Waals surface area (Å²) in [5.74, 6) is -0.307. The summed E-state index contributed by atoms with van der Waals surface area (Å²) in [6.45, 7) is 3.26. The lowest BCUT2D eigenvalue weighted by Crippen LogP contribution is -2.57. The number of nitrogens with one attached hydrogen (secondary N) is 1. The quantitative estimate of drug-likeness (QED) is 0.464. The van der Waals surface area contributed by atoms with E-state index in [0.717, 1.165) is 12.8 Å². The SMILES string of the molecule is CCCC[C@H](N)C(=O)NC(CC)(CO)CO. The summed E-state index contributed by atoms with van der Waals surface area (Å²) < 4.78 is 0. The maximum Gasteiger partial charge on any atom is 0.237 e. The first-order chi connectivity index (χ1) is 7.55. The number of aliphatic hydroxyl groups excluding tert-OH is 2. The zero-order valence-corrected chi connectivity index (χ0v) is 10.2. The Morgan fingerprint density at radius 1 is 1.38 bits per heavy atom. The van der Waals surface area contributed by atoms with Gasteiger partial charge in [0.2, 0.25) is 5.91 Å². The van der Waals surface area contributed by atoms with E-state index in [2.05, 4.69) is 5.32 Å². The normalized spacial score (nSPS) is 13.6. The van der Waals surface area contributed by atoms with Crippen LogP contribution in [0.15, 0.2) is 0 Å². The molecule has 0 spiro atoms. The highest BCUT2D eigenvalue weighted by Gasteiger charge is 2.30. The van der Waals surface area contributed by atoms with Crippen LogP contribution in [0.25, 0.3) is 0 Å². The van der Waals surface area contributed by atoms with Gasteiger partial charge in [-0.05, 0) is 12.8 Å². The smallest absolute Gasteiger partial charge is 0.237 e. The number of aliphatic hydroxyl groups is 2. The molecule has 1 atom stereocenters. The van der Waals surface area contributed by atoms with E-state index in [1.165, 1.54) is 0 Å². The Labute approximate surface area is 97.0 Å². The number of carbonyl (C=O) groups is 1. The maximum absolute atomic E-state index is 11.7. The van der Waals surface area contributed by atoms with E-state index in [1.807, 2.05) is 6.92 Å². The van der Waals surface area contributed by atoms with Crippen LogP contribution in [-0.2, 0) is 4.79 Å². The van der Waals surface area contributed by atoms with Crippen LogP contribution in [0.4, 0.5) is 0 Å². The summed E-state index contributed by atoms with van der Waals surface area (Å²) in [6, 6.07) is -0.566. The summed E-state index contributed by atoms with van der Waals surface area (Å²) in [5.41, 5.74) is 4.76. The van der Waals surface area contributed by atoms with E-state index >= 15 is 0 Å². The zero-order chi connectivity index (χ0) is 12.6. The van der Waals surface area contributed by atoms with Crippen molar-refractivity contribution in [2.45, 2.75) is 51.1 Å². The molecule has 0 aromatic rings. The molecule has 0 bridgehead atoms. The topological polar surface area (TPSA) is 95.6 Å². The van der Waals surface area contributed by atoms with Crippen molar-refractivity contribution in [3.8, 4) is 0 Å². The molecule has 0 aliphatic carbocycles. The molecule has 0 radical (unpaired) electrons. The van der Waals surface area contributed by atoms with Gasteiger partial charge in [-0.2, -0.15) is 0 Å². The molecule has 0 saturated heterocycles. The minimum Gasteiger partial charge on any atom is -0.394 e. The van der Waals surface area contributed by atoms with Gasteiger partial charge in [-0.1, -0.05) is 26.7 Å². The van der Waals surface area contributed by atoms with Crippen LogP contribution in [0.1, 0.15) is 39.5 Å². The Balaban J connectivity index is 4.28. The summed E-state index contributed by atoms with van der Waals surface area (Å²) >= 11 is 0. The van der Waals surface area contributed by atoms with E-state index in [4.69, 9.17) is 15.9 Å². The van der Waals surface area contributed by atoms with Crippen LogP contribution in [0.3, 0.4) is 0 Å². The van der Waals surface area contributed by atoms with Crippen LogP contribution in [-0.4, -0.2) is 40.9 Å². The molecule has 0 saturated carbocycles. The Morgan fingerprint density at radius 3 is 2.31 bits per heavy atom. The number of unbranched alkanes of at least 4 members (excludes halogenated alkanes) is 1. The van der Waals surface area contributed by atoms with Crippen molar-refractivity contribution in [3.05, 3.63) is 0 Å². The van der Waals surface area contributed by atoms with Crippen molar-refractivity contribution < 1.29 is 15.0 Å². The standard InChI is InChI=1S/C11H24N2O3/c1-3-5-6-9(12)10(16)13-11(4-2,7-14)8-15/h9,14-15H,3-8,12H2,1-2H3,(H,13,16)/t9-/m0/s1. The Morgan fingerprint density at radius 2 is 1.94 bits per heavy atom. The predicted octanol–water partition coefficient (Wildman–Crippen LogP) is -0.246. The average Bonchev–Trinajstić information content (AvgIpc) is 2.32. The lowest BCUT2D eigenvalue weighted by Gasteiger charge is -2.30. The van der Waals surface area contributed by atoms with Crippen LogP contribution >= 0.6 is 0 Å². The lowest BCUT2D eigenvalue weighted by atomic mass is 9.97. The first-order valence-corrected chi connectivity index (χ1v) is 5.84. The number of nitrogens with two attached hydrogens (primary N) is 1. The largest absolute Gasteiger partial charge is 0.394 e. The number of hydrogen-bond acceptors (Lipinski definition) is 4. The molecule has 1 amide bonds. The monoisotopic (exact) mass is 232 g/mol. The predicted molar refractivity (Wildman–Crippen MR) is 62.8 cm³/mol. The molecule has 0 aromatic heterocycles. The van der Waals surface area contributed by atoms with Gasteiger partial charge in [0.1, 0.15) is 0 Å². The van der Waals surface area contributed by atoms with Gasteiger partial charge in [0.05, 0.1) is 24.8 Å². The summed E-state index contributed by atoms with van der Waals surface area (Å²) in [4.78, 5) is 11.7. The first-order valence-electron chi connectivity index (χ1n) is 5.84. The molecule has 0 rings (SSSR count). The number of hydrogen-bond donors (Lipinski definition) is 4.